The quantitative estimate of drug-likeness (QED) is 0.599. The van der Waals surface area contributed by atoms with E-state index < -0.39 is 0 Å². The van der Waals surface area contributed by atoms with E-state index >= 15 is 0 Å². The Hall–Kier alpha value is -0.490. The van der Waals surface area contributed by atoms with E-state index in [-0.39, 0.29) is 10.8 Å². The molecule has 1 aliphatic rings. The van der Waals surface area contributed by atoms with Crippen molar-refractivity contribution in [3.8, 4) is 0 Å². The van der Waals surface area contributed by atoms with Crippen molar-refractivity contribution < 1.29 is 0 Å². The second-order valence-corrected chi connectivity index (χ2v) is 6.78. The van der Waals surface area contributed by atoms with Gasteiger partial charge in [0.15, 0.2) is 0 Å². The zero-order valence-corrected chi connectivity index (χ0v) is 12.6. The van der Waals surface area contributed by atoms with Crippen molar-refractivity contribution in [2.75, 3.05) is 0 Å². The zero-order valence-electron chi connectivity index (χ0n) is 11.9. The maximum atomic E-state index is 6.61. The van der Waals surface area contributed by atoms with Gasteiger partial charge in [0.05, 0.1) is 5.38 Å². The summed E-state index contributed by atoms with van der Waals surface area (Å²) in [5.74, 6) is 0.691. The molecule has 100 valence electrons. The summed E-state index contributed by atoms with van der Waals surface area (Å²) in [6.07, 6.45) is 6.48. The van der Waals surface area contributed by atoms with Gasteiger partial charge in [-0.2, -0.15) is 0 Å². The molecule has 1 aliphatic carbocycles. The standard InChI is InChI=1S/C17H25Cl/c1-4-17(2,3)15-11-9-14(10-12-15)16(18)13-7-5-6-8-13/h9-13,16H,4-8H2,1-3H3. The molecule has 1 fully saturated rings. The predicted octanol–water partition coefficient (Wildman–Crippen LogP) is 5.84. The van der Waals surface area contributed by atoms with E-state index in [0.29, 0.717) is 5.92 Å². The van der Waals surface area contributed by atoms with Gasteiger partial charge in [-0.1, -0.05) is 57.9 Å². The molecule has 1 unspecified atom stereocenters. The van der Waals surface area contributed by atoms with Crippen molar-refractivity contribution in [1.82, 2.24) is 0 Å². The molecule has 1 atom stereocenters. The van der Waals surface area contributed by atoms with Crippen molar-refractivity contribution in [2.45, 2.75) is 63.7 Å². The lowest BCUT2D eigenvalue weighted by molar-refractivity contribution is 0.504. The first-order valence-corrected chi connectivity index (χ1v) is 7.73. The van der Waals surface area contributed by atoms with Crippen LogP contribution in [0.15, 0.2) is 24.3 Å². The molecule has 1 heteroatoms. The predicted molar refractivity (Wildman–Crippen MR) is 80.3 cm³/mol. The Morgan fingerprint density at radius 2 is 1.72 bits per heavy atom. The van der Waals surface area contributed by atoms with E-state index in [9.17, 15) is 0 Å². The highest BCUT2D eigenvalue weighted by molar-refractivity contribution is 6.21. The maximum absolute atomic E-state index is 6.61. The maximum Gasteiger partial charge on any atom is 0.0613 e. The van der Waals surface area contributed by atoms with Crippen molar-refractivity contribution in [1.29, 1.82) is 0 Å². The number of hydrogen-bond acceptors (Lipinski definition) is 0. The van der Waals surface area contributed by atoms with Gasteiger partial charge in [0.1, 0.15) is 0 Å². The van der Waals surface area contributed by atoms with Crippen LogP contribution >= 0.6 is 11.6 Å². The summed E-state index contributed by atoms with van der Waals surface area (Å²) in [4.78, 5) is 0. The molecule has 0 radical (unpaired) electrons. The van der Waals surface area contributed by atoms with Crippen LogP contribution < -0.4 is 0 Å². The fraction of sp³-hybridized carbons (Fsp3) is 0.647. The lowest BCUT2D eigenvalue weighted by Crippen LogP contribution is -2.15. The molecule has 1 saturated carbocycles. The van der Waals surface area contributed by atoms with Gasteiger partial charge in [-0.15, -0.1) is 11.6 Å². The average molecular weight is 265 g/mol. The summed E-state index contributed by atoms with van der Waals surface area (Å²) in [5.41, 5.74) is 3.00. The van der Waals surface area contributed by atoms with Crippen LogP contribution in [0, 0.1) is 5.92 Å². The van der Waals surface area contributed by atoms with E-state index in [4.69, 9.17) is 11.6 Å². The molecule has 0 amide bonds. The van der Waals surface area contributed by atoms with Crippen LogP contribution in [0.3, 0.4) is 0 Å². The smallest absolute Gasteiger partial charge is 0.0613 e. The molecular weight excluding hydrogens is 240 g/mol. The second kappa shape index (κ2) is 5.65. The molecule has 18 heavy (non-hydrogen) atoms. The highest BCUT2D eigenvalue weighted by atomic mass is 35.5. The summed E-state index contributed by atoms with van der Waals surface area (Å²) in [6, 6.07) is 9.01. The molecule has 0 aromatic heterocycles. The Morgan fingerprint density at radius 3 is 2.22 bits per heavy atom. The minimum Gasteiger partial charge on any atom is -0.118 e. The summed E-state index contributed by atoms with van der Waals surface area (Å²) < 4.78 is 0. The van der Waals surface area contributed by atoms with Gasteiger partial charge in [-0.05, 0) is 41.7 Å². The van der Waals surface area contributed by atoms with Crippen LogP contribution in [0.4, 0.5) is 0 Å². The number of halogens is 1. The zero-order chi connectivity index (χ0) is 13.2. The van der Waals surface area contributed by atoms with Gasteiger partial charge < -0.3 is 0 Å². The summed E-state index contributed by atoms with van der Waals surface area (Å²) >= 11 is 6.61. The third-order valence-electron chi connectivity index (χ3n) is 4.71. The lowest BCUT2D eigenvalue weighted by atomic mass is 9.81. The van der Waals surface area contributed by atoms with Crippen molar-refractivity contribution in [3.63, 3.8) is 0 Å². The summed E-state index contributed by atoms with van der Waals surface area (Å²) in [7, 11) is 0. The van der Waals surface area contributed by atoms with Gasteiger partial charge in [0.2, 0.25) is 0 Å². The highest BCUT2D eigenvalue weighted by Crippen LogP contribution is 2.40. The summed E-state index contributed by atoms with van der Waals surface area (Å²) in [5, 5.41) is 0.214. The molecule has 0 heterocycles. The molecule has 0 N–H and O–H groups in total. The molecule has 2 rings (SSSR count). The van der Waals surface area contributed by atoms with E-state index in [1.807, 2.05) is 0 Å². The first kappa shape index (κ1) is 13.9. The van der Waals surface area contributed by atoms with Gasteiger partial charge in [0.25, 0.3) is 0 Å². The Bertz CT molecular complexity index is 371. The van der Waals surface area contributed by atoms with Gasteiger partial charge >= 0.3 is 0 Å². The lowest BCUT2D eigenvalue weighted by Gasteiger charge is -2.24. The van der Waals surface area contributed by atoms with Crippen molar-refractivity contribution >= 4 is 11.6 Å². The van der Waals surface area contributed by atoms with Crippen molar-refractivity contribution in [2.24, 2.45) is 5.92 Å². The van der Waals surface area contributed by atoms with Gasteiger partial charge in [-0.25, -0.2) is 0 Å². The number of benzene rings is 1. The van der Waals surface area contributed by atoms with E-state index in [0.717, 1.165) is 0 Å². The van der Waals surface area contributed by atoms with Crippen molar-refractivity contribution in [3.05, 3.63) is 35.4 Å². The first-order valence-electron chi connectivity index (χ1n) is 7.29. The van der Waals surface area contributed by atoms with Crippen LogP contribution in [0.1, 0.15) is 69.4 Å². The van der Waals surface area contributed by atoms with Crippen LogP contribution in [0.2, 0.25) is 0 Å². The minimum absolute atomic E-state index is 0.214. The number of hydrogen-bond donors (Lipinski definition) is 0. The van der Waals surface area contributed by atoms with E-state index in [1.165, 1.54) is 43.2 Å². The van der Waals surface area contributed by atoms with Crippen LogP contribution in [0.5, 0.6) is 0 Å². The number of alkyl halides is 1. The van der Waals surface area contributed by atoms with Gasteiger partial charge in [-0.3, -0.25) is 0 Å². The average Bonchev–Trinajstić information content (AvgIpc) is 2.92. The Labute approximate surface area is 117 Å². The van der Waals surface area contributed by atoms with Crippen LogP contribution in [0.25, 0.3) is 0 Å². The molecule has 1 aromatic rings. The van der Waals surface area contributed by atoms with E-state index in [2.05, 4.69) is 45.0 Å². The fourth-order valence-electron chi connectivity index (χ4n) is 2.84. The third kappa shape index (κ3) is 2.91. The first-order chi connectivity index (χ1) is 8.54. The summed E-state index contributed by atoms with van der Waals surface area (Å²) in [6.45, 7) is 6.85. The fourth-order valence-corrected chi connectivity index (χ4v) is 3.24. The minimum atomic E-state index is 0.214. The highest BCUT2D eigenvalue weighted by Gasteiger charge is 2.25. The molecule has 0 spiro atoms. The third-order valence-corrected chi connectivity index (χ3v) is 5.32. The Morgan fingerprint density at radius 1 is 1.17 bits per heavy atom. The largest absolute Gasteiger partial charge is 0.118 e. The second-order valence-electron chi connectivity index (χ2n) is 6.31. The van der Waals surface area contributed by atoms with Gasteiger partial charge in [0, 0.05) is 0 Å². The Kier molecular flexibility index (Phi) is 4.37. The SMILES string of the molecule is CCC(C)(C)c1ccc(C(Cl)C2CCCC2)cc1. The Balaban J connectivity index is 2.12. The van der Waals surface area contributed by atoms with E-state index in [1.54, 1.807) is 0 Å². The number of rotatable bonds is 4. The molecule has 0 aliphatic heterocycles. The molecule has 0 nitrogen and oxygen atoms in total. The van der Waals surface area contributed by atoms with Crippen LogP contribution in [-0.4, -0.2) is 0 Å². The molecule has 1 aromatic carbocycles. The van der Waals surface area contributed by atoms with Crippen LogP contribution in [-0.2, 0) is 5.41 Å². The monoisotopic (exact) mass is 264 g/mol. The molecular formula is C17H25Cl. The normalized spacial score (nSPS) is 19.1. The molecule has 0 saturated heterocycles. The topological polar surface area (TPSA) is 0 Å². The molecule has 0 bridgehead atoms.